The van der Waals surface area contributed by atoms with Gasteiger partial charge in [0.2, 0.25) is 5.91 Å². The Morgan fingerprint density at radius 1 is 1.20 bits per heavy atom. The zero-order valence-electron chi connectivity index (χ0n) is 16.9. The summed E-state index contributed by atoms with van der Waals surface area (Å²) in [5.41, 5.74) is 2.23. The molecule has 30 heavy (non-hydrogen) atoms. The van der Waals surface area contributed by atoms with Gasteiger partial charge in [0, 0.05) is 30.8 Å². The monoisotopic (exact) mass is 405 g/mol. The first-order chi connectivity index (χ1) is 14.6. The molecule has 154 valence electrons. The Kier molecular flexibility index (Phi) is 5.47. The molecule has 8 heteroatoms. The lowest BCUT2D eigenvalue weighted by molar-refractivity contribution is -0.125. The number of hydrogen-bond donors (Lipinski definition) is 1. The molecule has 0 radical (unpaired) electrons. The number of hydrogen-bond acceptors (Lipinski definition) is 5. The standard InChI is InChI=1S/C22H23N5O3/c1-3-26-14-23-25-21(26)16-7-6-8-17(13-16)24-20(28)11-12-27-18-9-4-5-10-19(18)30-15(2)22(27)29/h4-10,13-15H,3,11-12H2,1-2H3,(H,24,28). The SMILES string of the molecule is CCn1cnnc1-c1cccc(NC(=O)CCN2C(=O)C(C)Oc3ccccc32)c1. The van der Waals surface area contributed by atoms with Gasteiger partial charge >= 0.3 is 0 Å². The molecule has 2 amide bonds. The molecule has 1 N–H and O–H groups in total. The van der Waals surface area contributed by atoms with E-state index in [9.17, 15) is 9.59 Å². The lowest BCUT2D eigenvalue weighted by atomic mass is 10.1. The quantitative estimate of drug-likeness (QED) is 0.681. The summed E-state index contributed by atoms with van der Waals surface area (Å²) < 4.78 is 7.57. The highest BCUT2D eigenvalue weighted by molar-refractivity contribution is 6.00. The van der Waals surface area contributed by atoms with Crippen molar-refractivity contribution in [3.8, 4) is 17.1 Å². The van der Waals surface area contributed by atoms with Gasteiger partial charge in [-0.25, -0.2) is 0 Å². The minimum atomic E-state index is -0.574. The minimum absolute atomic E-state index is 0.151. The molecule has 1 aliphatic heterocycles. The Labute approximate surface area is 174 Å². The van der Waals surface area contributed by atoms with Crippen LogP contribution in [0, 0.1) is 0 Å². The first-order valence-corrected chi connectivity index (χ1v) is 9.92. The molecule has 3 aromatic rings. The van der Waals surface area contributed by atoms with E-state index < -0.39 is 6.10 Å². The number of para-hydroxylation sites is 2. The van der Waals surface area contributed by atoms with Crippen molar-refractivity contribution in [2.24, 2.45) is 0 Å². The molecule has 0 saturated heterocycles. The number of nitrogens with one attached hydrogen (secondary N) is 1. The summed E-state index contributed by atoms with van der Waals surface area (Å²) in [4.78, 5) is 26.7. The molecule has 4 rings (SSSR count). The third kappa shape index (κ3) is 3.89. The van der Waals surface area contributed by atoms with E-state index in [4.69, 9.17) is 4.74 Å². The Morgan fingerprint density at radius 3 is 2.87 bits per heavy atom. The highest BCUT2D eigenvalue weighted by atomic mass is 16.5. The van der Waals surface area contributed by atoms with Crippen molar-refractivity contribution < 1.29 is 14.3 Å². The zero-order chi connectivity index (χ0) is 21.1. The zero-order valence-corrected chi connectivity index (χ0v) is 16.9. The van der Waals surface area contributed by atoms with Crippen LogP contribution in [0.5, 0.6) is 5.75 Å². The summed E-state index contributed by atoms with van der Waals surface area (Å²) in [5.74, 6) is 1.08. The molecule has 1 aliphatic rings. The van der Waals surface area contributed by atoms with Gasteiger partial charge in [-0.1, -0.05) is 24.3 Å². The lowest BCUT2D eigenvalue weighted by Gasteiger charge is -2.32. The van der Waals surface area contributed by atoms with Crippen molar-refractivity contribution in [3.05, 3.63) is 54.9 Å². The molecule has 0 spiro atoms. The summed E-state index contributed by atoms with van der Waals surface area (Å²) in [7, 11) is 0. The van der Waals surface area contributed by atoms with E-state index in [1.807, 2.05) is 60.0 Å². The topological polar surface area (TPSA) is 89.4 Å². The maximum Gasteiger partial charge on any atom is 0.267 e. The van der Waals surface area contributed by atoms with Crippen LogP contribution in [-0.2, 0) is 16.1 Å². The number of carbonyl (C=O) groups excluding carboxylic acids is 2. The number of rotatable bonds is 6. The van der Waals surface area contributed by atoms with Crippen molar-refractivity contribution in [2.75, 3.05) is 16.8 Å². The minimum Gasteiger partial charge on any atom is -0.479 e. The summed E-state index contributed by atoms with van der Waals surface area (Å²) in [6.45, 7) is 4.77. The van der Waals surface area contributed by atoms with Gasteiger partial charge in [-0.15, -0.1) is 10.2 Å². The number of amides is 2. The van der Waals surface area contributed by atoms with Crippen LogP contribution in [0.2, 0.25) is 0 Å². The highest BCUT2D eigenvalue weighted by Gasteiger charge is 2.31. The van der Waals surface area contributed by atoms with Gasteiger partial charge in [0.25, 0.3) is 5.91 Å². The molecule has 2 heterocycles. The molecule has 8 nitrogen and oxygen atoms in total. The van der Waals surface area contributed by atoms with Crippen molar-refractivity contribution in [1.82, 2.24) is 14.8 Å². The van der Waals surface area contributed by atoms with Gasteiger partial charge in [0.1, 0.15) is 12.1 Å². The van der Waals surface area contributed by atoms with E-state index in [1.54, 1.807) is 18.2 Å². The predicted molar refractivity (Wildman–Crippen MR) is 113 cm³/mol. The molecular formula is C22H23N5O3. The Hall–Kier alpha value is -3.68. The number of ether oxygens (including phenoxy) is 1. The van der Waals surface area contributed by atoms with Crippen molar-refractivity contribution in [2.45, 2.75) is 32.9 Å². The largest absolute Gasteiger partial charge is 0.479 e. The fourth-order valence-corrected chi connectivity index (χ4v) is 3.47. The Balaban J connectivity index is 1.44. The number of aryl methyl sites for hydroxylation is 1. The normalized spacial score (nSPS) is 15.5. The average molecular weight is 405 g/mol. The molecule has 0 bridgehead atoms. The molecule has 1 atom stereocenters. The smallest absolute Gasteiger partial charge is 0.267 e. The van der Waals surface area contributed by atoms with Crippen LogP contribution in [0.4, 0.5) is 11.4 Å². The maximum absolute atomic E-state index is 12.6. The van der Waals surface area contributed by atoms with Gasteiger partial charge < -0.3 is 19.5 Å². The van der Waals surface area contributed by atoms with Crippen LogP contribution in [0.25, 0.3) is 11.4 Å². The molecule has 1 unspecified atom stereocenters. The van der Waals surface area contributed by atoms with Crippen LogP contribution in [0.15, 0.2) is 54.9 Å². The van der Waals surface area contributed by atoms with E-state index in [-0.39, 0.29) is 24.8 Å². The fourth-order valence-electron chi connectivity index (χ4n) is 3.47. The van der Waals surface area contributed by atoms with E-state index in [0.29, 0.717) is 17.1 Å². The third-order valence-electron chi connectivity index (χ3n) is 5.00. The van der Waals surface area contributed by atoms with Gasteiger partial charge in [-0.2, -0.15) is 0 Å². The van der Waals surface area contributed by atoms with Gasteiger partial charge in [0.15, 0.2) is 11.9 Å². The van der Waals surface area contributed by atoms with E-state index in [1.165, 1.54) is 0 Å². The summed E-state index contributed by atoms with van der Waals surface area (Å²) >= 11 is 0. The van der Waals surface area contributed by atoms with Crippen molar-refractivity contribution in [1.29, 1.82) is 0 Å². The van der Waals surface area contributed by atoms with E-state index >= 15 is 0 Å². The van der Waals surface area contributed by atoms with Gasteiger partial charge in [0.05, 0.1) is 5.69 Å². The summed E-state index contributed by atoms with van der Waals surface area (Å²) in [6, 6.07) is 14.8. The van der Waals surface area contributed by atoms with Crippen LogP contribution < -0.4 is 15.0 Å². The molecule has 2 aromatic carbocycles. The van der Waals surface area contributed by atoms with Gasteiger partial charge in [-0.05, 0) is 38.1 Å². The first kappa shape index (κ1) is 19.6. The summed E-state index contributed by atoms with van der Waals surface area (Å²) in [5, 5.41) is 11.0. The molecule has 0 fully saturated rings. The van der Waals surface area contributed by atoms with Crippen LogP contribution in [0.1, 0.15) is 20.3 Å². The lowest BCUT2D eigenvalue weighted by Crippen LogP contribution is -2.45. The first-order valence-electron chi connectivity index (χ1n) is 9.92. The third-order valence-corrected chi connectivity index (χ3v) is 5.00. The van der Waals surface area contributed by atoms with E-state index in [2.05, 4.69) is 15.5 Å². The van der Waals surface area contributed by atoms with Crippen LogP contribution in [0.3, 0.4) is 0 Å². The molecular weight excluding hydrogens is 382 g/mol. The van der Waals surface area contributed by atoms with Crippen molar-refractivity contribution in [3.63, 3.8) is 0 Å². The number of aromatic nitrogens is 3. The molecule has 0 aliphatic carbocycles. The van der Waals surface area contributed by atoms with Gasteiger partial charge in [-0.3, -0.25) is 9.59 Å². The maximum atomic E-state index is 12.6. The number of carbonyl (C=O) groups is 2. The number of benzene rings is 2. The predicted octanol–water partition coefficient (Wildman–Crippen LogP) is 3.11. The number of nitrogens with zero attached hydrogens (tertiary/aromatic N) is 4. The second kappa shape index (κ2) is 8.36. The Bertz CT molecular complexity index is 1080. The molecule has 1 aromatic heterocycles. The van der Waals surface area contributed by atoms with E-state index in [0.717, 1.165) is 17.9 Å². The van der Waals surface area contributed by atoms with Crippen LogP contribution >= 0.6 is 0 Å². The van der Waals surface area contributed by atoms with Crippen LogP contribution in [-0.4, -0.2) is 39.2 Å². The Morgan fingerprint density at radius 2 is 2.03 bits per heavy atom. The number of fused-ring (bicyclic) bond motifs is 1. The average Bonchev–Trinajstić information content (AvgIpc) is 3.23. The molecule has 0 saturated carbocycles. The highest BCUT2D eigenvalue weighted by Crippen LogP contribution is 2.33. The number of anilines is 2. The second-order valence-corrected chi connectivity index (χ2v) is 7.04. The fraction of sp³-hybridized carbons (Fsp3) is 0.273. The second-order valence-electron chi connectivity index (χ2n) is 7.04. The summed E-state index contributed by atoms with van der Waals surface area (Å²) in [6.07, 6.45) is 1.27. The van der Waals surface area contributed by atoms with Crippen molar-refractivity contribution >= 4 is 23.2 Å².